The second-order valence-electron chi connectivity index (χ2n) is 6.61. The number of rotatable bonds is 2. The van der Waals surface area contributed by atoms with Crippen LogP contribution in [0.5, 0.6) is 0 Å². The van der Waals surface area contributed by atoms with Gasteiger partial charge in [-0.1, -0.05) is 20.8 Å². The molecule has 17 heavy (non-hydrogen) atoms. The summed E-state index contributed by atoms with van der Waals surface area (Å²) >= 11 is 0. The summed E-state index contributed by atoms with van der Waals surface area (Å²) in [6.45, 7) is 8.59. The van der Waals surface area contributed by atoms with Crippen LogP contribution in [0.3, 0.4) is 0 Å². The molecule has 3 nitrogen and oxygen atoms in total. The van der Waals surface area contributed by atoms with Crippen molar-refractivity contribution in [3.8, 4) is 0 Å². The van der Waals surface area contributed by atoms with E-state index in [0.717, 1.165) is 25.9 Å². The van der Waals surface area contributed by atoms with Crippen LogP contribution in [-0.4, -0.2) is 36.1 Å². The Kier molecular flexibility index (Phi) is 2.01. The number of Topliss-reactive ketones (excluding diaryl/α,β-unsaturated/α-hetero) is 2. The maximum Gasteiger partial charge on any atom is 0.155 e. The molecule has 4 rings (SSSR count). The lowest BCUT2D eigenvalue weighted by atomic mass is 9.45. The molecule has 0 aromatic carbocycles. The molecule has 94 valence electrons. The van der Waals surface area contributed by atoms with Gasteiger partial charge in [0.25, 0.3) is 0 Å². The molecule has 4 fully saturated rings. The Balaban J connectivity index is 2.18. The van der Waals surface area contributed by atoms with Gasteiger partial charge < -0.3 is 0 Å². The summed E-state index contributed by atoms with van der Waals surface area (Å²) in [6.07, 6.45) is 2.35. The maximum absolute atomic E-state index is 12.8. The minimum Gasteiger partial charge on any atom is -0.300 e. The van der Waals surface area contributed by atoms with Crippen molar-refractivity contribution in [3.05, 3.63) is 0 Å². The van der Waals surface area contributed by atoms with E-state index in [1.807, 2.05) is 6.92 Å². The van der Waals surface area contributed by atoms with Gasteiger partial charge in [-0.2, -0.15) is 0 Å². The third kappa shape index (κ3) is 1.07. The van der Waals surface area contributed by atoms with E-state index in [2.05, 4.69) is 18.7 Å². The Morgan fingerprint density at radius 3 is 2.35 bits per heavy atom. The van der Waals surface area contributed by atoms with Crippen molar-refractivity contribution in [2.45, 2.75) is 40.0 Å². The Labute approximate surface area is 103 Å². The molecule has 3 heterocycles. The number of nitrogens with zero attached hydrogens (tertiary/aromatic N) is 1. The van der Waals surface area contributed by atoms with Gasteiger partial charge in [0.05, 0.1) is 0 Å². The molecule has 4 atom stereocenters. The average molecular weight is 235 g/mol. The molecule has 0 spiro atoms. The summed E-state index contributed by atoms with van der Waals surface area (Å²) in [4.78, 5) is 27.8. The second-order valence-corrected chi connectivity index (χ2v) is 6.61. The summed E-state index contributed by atoms with van der Waals surface area (Å²) in [7, 11) is 0. The Morgan fingerprint density at radius 2 is 1.76 bits per heavy atom. The molecule has 4 aliphatic rings. The minimum absolute atomic E-state index is 0.227. The monoisotopic (exact) mass is 235 g/mol. The van der Waals surface area contributed by atoms with E-state index < -0.39 is 5.41 Å². The van der Waals surface area contributed by atoms with Crippen molar-refractivity contribution < 1.29 is 9.59 Å². The zero-order chi connectivity index (χ0) is 12.5. The third-order valence-corrected chi connectivity index (χ3v) is 5.50. The van der Waals surface area contributed by atoms with Crippen LogP contribution in [0, 0.1) is 16.2 Å². The van der Waals surface area contributed by atoms with Gasteiger partial charge in [-0.05, 0) is 19.3 Å². The van der Waals surface area contributed by atoms with Crippen LogP contribution in [0.4, 0.5) is 0 Å². The molecule has 3 heteroatoms. The molecule has 0 radical (unpaired) electrons. The third-order valence-electron chi connectivity index (χ3n) is 5.50. The summed E-state index contributed by atoms with van der Waals surface area (Å²) in [5, 5.41) is 0. The van der Waals surface area contributed by atoms with E-state index >= 15 is 0 Å². The Hall–Kier alpha value is -0.700. The van der Waals surface area contributed by atoms with Crippen LogP contribution in [0.15, 0.2) is 0 Å². The van der Waals surface area contributed by atoms with Crippen molar-refractivity contribution in [2.24, 2.45) is 16.2 Å². The first-order chi connectivity index (χ1) is 7.92. The first-order valence-electron chi connectivity index (χ1n) is 6.75. The lowest BCUT2D eigenvalue weighted by Crippen LogP contribution is -2.76. The number of ketones is 2. The largest absolute Gasteiger partial charge is 0.300 e. The topological polar surface area (TPSA) is 37.4 Å². The van der Waals surface area contributed by atoms with Gasteiger partial charge in [0.2, 0.25) is 0 Å². The molecule has 3 aliphatic heterocycles. The molecule has 4 bridgehead atoms. The van der Waals surface area contributed by atoms with Crippen LogP contribution in [0.25, 0.3) is 0 Å². The quantitative estimate of drug-likeness (QED) is 0.683. The van der Waals surface area contributed by atoms with Crippen molar-refractivity contribution >= 4 is 11.6 Å². The van der Waals surface area contributed by atoms with Crippen molar-refractivity contribution in [1.82, 2.24) is 4.90 Å². The molecule has 0 amide bonds. The summed E-state index contributed by atoms with van der Waals surface area (Å²) < 4.78 is 0. The Morgan fingerprint density at radius 1 is 1.06 bits per heavy atom. The van der Waals surface area contributed by atoms with Gasteiger partial charge in [0, 0.05) is 30.5 Å². The first kappa shape index (κ1) is 11.4. The molecule has 3 saturated heterocycles. The van der Waals surface area contributed by atoms with Crippen LogP contribution in [0.1, 0.15) is 40.0 Å². The maximum atomic E-state index is 12.8. The number of piperidine rings is 3. The van der Waals surface area contributed by atoms with Crippen molar-refractivity contribution in [2.75, 3.05) is 19.6 Å². The number of hydrogen-bond acceptors (Lipinski definition) is 3. The molecule has 0 N–H and O–H groups in total. The molecular formula is C14H21NO2. The predicted octanol–water partition coefficient (Wildman–Crippen LogP) is 1.66. The van der Waals surface area contributed by atoms with E-state index in [9.17, 15) is 9.59 Å². The van der Waals surface area contributed by atoms with Crippen molar-refractivity contribution in [3.63, 3.8) is 0 Å². The molecule has 0 aromatic rings. The number of hydrogen-bond donors (Lipinski definition) is 0. The fraction of sp³-hybridized carbons (Fsp3) is 0.857. The first-order valence-corrected chi connectivity index (χ1v) is 6.75. The lowest BCUT2D eigenvalue weighted by molar-refractivity contribution is -0.190. The molecule has 1 aliphatic carbocycles. The molecule has 4 unspecified atom stereocenters. The highest BCUT2D eigenvalue weighted by Gasteiger charge is 2.70. The highest BCUT2D eigenvalue weighted by atomic mass is 16.2. The van der Waals surface area contributed by atoms with Gasteiger partial charge in [0.1, 0.15) is 5.41 Å². The highest BCUT2D eigenvalue weighted by Crippen LogP contribution is 2.59. The van der Waals surface area contributed by atoms with E-state index in [4.69, 9.17) is 0 Å². The fourth-order valence-electron chi connectivity index (χ4n) is 4.80. The SMILES string of the molecule is CCC12CN3CC(C)(C1)C(=O)C(CC)(C3)C2=O. The van der Waals surface area contributed by atoms with E-state index in [-0.39, 0.29) is 22.4 Å². The van der Waals surface area contributed by atoms with E-state index in [0.29, 0.717) is 13.0 Å². The standard InChI is InChI=1S/C14H21NO2/c1-4-13-6-12(3)7-15(8-13)9-14(5-2,10(12)16)11(13)17/h4-9H2,1-3H3. The van der Waals surface area contributed by atoms with E-state index in [1.165, 1.54) is 0 Å². The normalized spacial score (nSPS) is 52.3. The van der Waals surface area contributed by atoms with Crippen LogP contribution < -0.4 is 0 Å². The molecule has 1 saturated carbocycles. The van der Waals surface area contributed by atoms with Crippen LogP contribution in [0.2, 0.25) is 0 Å². The zero-order valence-corrected chi connectivity index (χ0v) is 11.0. The summed E-state index contributed by atoms with van der Waals surface area (Å²) in [6, 6.07) is 0. The van der Waals surface area contributed by atoms with Crippen LogP contribution >= 0.6 is 0 Å². The van der Waals surface area contributed by atoms with Gasteiger partial charge in [-0.15, -0.1) is 0 Å². The van der Waals surface area contributed by atoms with Gasteiger partial charge in [-0.25, -0.2) is 0 Å². The smallest absolute Gasteiger partial charge is 0.155 e. The molecule has 0 aromatic heterocycles. The summed E-state index contributed by atoms with van der Waals surface area (Å²) in [5.41, 5.74) is -1.16. The van der Waals surface area contributed by atoms with Gasteiger partial charge in [-0.3, -0.25) is 14.5 Å². The minimum atomic E-state index is -0.667. The lowest BCUT2D eigenvalue weighted by Gasteiger charge is -2.64. The average Bonchev–Trinajstić information content (AvgIpc) is 2.31. The van der Waals surface area contributed by atoms with Crippen molar-refractivity contribution in [1.29, 1.82) is 0 Å². The predicted molar refractivity (Wildman–Crippen MR) is 64.6 cm³/mol. The summed E-state index contributed by atoms with van der Waals surface area (Å²) in [5.74, 6) is 0.492. The Bertz CT molecular complexity index is 418. The highest BCUT2D eigenvalue weighted by molar-refractivity contribution is 6.15. The van der Waals surface area contributed by atoms with Gasteiger partial charge in [0.15, 0.2) is 11.6 Å². The zero-order valence-electron chi connectivity index (χ0n) is 11.0. The molecular weight excluding hydrogens is 214 g/mol. The van der Waals surface area contributed by atoms with Gasteiger partial charge >= 0.3 is 0 Å². The fourth-order valence-corrected chi connectivity index (χ4v) is 4.80. The van der Waals surface area contributed by atoms with Crippen LogP contribution in [-0.2, 0) is 9.59 Å². The second kappa shape index (κ2) is 3.00. The number of carbonyl (C=O) groups excluding carboxylic acids is 2. The number of carbonyl (C=O) groups is 2. The van der Waals surface area contributed by atoms with E-state index in [1.54, 1.807) is 0 Å².